The van der Waals surface area contributed by atoms with Gasteiger partial charge in [-0.1, -0.05) is 63.8 Å². The van der Waals surface area contributed by atoms with Crippen LogP contribution in [0.3, 0.4) is 0 Å². The number of aryl methyl sites for hydroxylation is 2. The van der Waals surface area contributed by atoms with Gasteiger partial charge in [-0.05, 0) is 61.1 Å². The van der Waals surface area contributed by atoms with Crippen molar-refractivity contribution < 1.29 is 22.7 Å². The molecule has 2 nitrogen and oxygen atoms in total. The molecule has 1 aliphatic heterocycles. The van der Waals surface area contributed by atoms with Crippen LogP contribution in [-0.4, -0.2) is 4.70 Å². The molecule has 0 radical (unpaired) electrons. The normalized spacial score (nSPS) is 13.0. The molecule has 1 aliphatic rings. The van der Waals surface area contributed by atoms with Crippen LogP contribution in [-0.2, 0) is 30.8 Å². The SMILES string of the molecule is CCCCCc1ccc(C2=CC=C(c3cccc(CCCCC)c3)[N+]2=[N-])cc1.[CH3][Pd][CH3]. The Hall–Kier alpha value is -1.82. The Kier molecular flexibility index (Phi) is 11.7. The van der Waals surface area contributed by atoms with Crippen molar-refractivity contribution in [1.82, 2.24) is 0 Å². The summed E-state index contributed by atoms with van der Waals surface area (Å²) in [5.41, 5.74) is 17.3. The minimum atomic E-state index is 0.839. The molecule has 0 unspecified atom stereocenters. The Labute approximate surface area is 198 Å². The molecule has 0 N–H and O–H groups in total. The first-order valence-corrected chi connectivity index (χ1v) is 14.6. The fourth-order valence-corrected chi connectivity index (χ4v) is 3.75. The van der Waals surface area contributed by atoms with Gasteiger partial charge in [-0.3, -0.25) is 0 Å². The molecule has 31 heavy (non-hydrogen) atoms. The number of hydrogen-bond donors (Lipinski definition) is 0. The zero-order valence-electron chi connectivity index (χ0n) is 19.6. The summed E-state index contributed by atoms with van der Waals surface area (Å²) in [5.74, 6) is 0. The zero-order chi connectivity index (χ0) is 22.5. The summed E-state index contributed by atoms with van der Waals surface area (Å²) in [4.78, 5) is 0. The van der Waals surface area contributed by atoms with Crippen molar-refractivity contribution in [2.45, 2.75) is 76.0 Å². The van der Waals surface area contributed by atoms with Crippen LogP contribution in [0.1, 0.15) is 74.6 Å². The van der Waals surface area contributed by atoms with Gasteiger partial charge >= 0.3 is 28.8 Å². The number of nitrogens with zero attached hydrogens (tertiary/aromatic N) is 2. The van der Waals surface area contributed by atoms with Crippen molar-refractivity contribution in [2.24, 2.45) is 0 Å². The second-order valence-corrected chi connectivity index (χ2v) is 9.60. The van der Waals surface area contributed by atoms with E-state index in [-0.39, 0.29) is 0 Å². The molecule has 0 bridgehead atoms. The van der Waals surface area contributed by atoms with Crippen molar-refractivity contribution in [3.63, 3.8) is 0 Å². The number of allylic oxidation sites excluding steroid dienone is 2. The van der Waals surface area contributed by atoms with Crippen LogP contribution in [0, 0.1) is 0 Å². The van der Waals surface area contributed by atoms with Gasteiger partial charge in [-0.15, -0.1) is 0 Å². The number of hydrogen-bond acceptors (Lipinski definition) is 0. The first-order chi connectivity index (χ1) is 15.1. The van der Waals surface area contributed by atoms with E-state index < -0.39 is 0 Å². The van der Waals surface area contributed by atoms with Gasteiger partial charge in [0.25, 0.3) is 0 Å². The topological polar surface area (TPSA) is 25.3 Å². The Bertz CT molecular complexity index is 878. The monoisotopic (exact) mass is 508 g/mol. The Morgan fingerprint density at radius 2 is 1.26 bits per heavy atom. The van der Waals surface area contributed by atoms with Gasteiger partial charge < -0.3 is 5.53 Å². The van der Waals surface area contributed by atoms with Crippen molar-refractivity contribution in [3.05, 3.63) is 88.5 Å². The van der Waals surface area contributed by atoms with Gasteiger partial charge in [-0.2, -0.15) is 0 Å². The summed E-state index contributed by atoms with van der Waals surface area (Å²) < 4.78 is 1.33. The van der Waals surface area contributed by atoms with Crippen molar-refractivity contribution in [1.29, 1.82) is 0 Å². The molecule has 2 aromatic carbocycles. The average molecular weight is 509 g/mol. The first-order valence-electron chi connectivity index (χ1n) is 11.5. The standard InChI is InChI=1S/C26H32N2.2CH3.Pd/c1-3-5-7-10-21-14-16-23(17-15-21)25-18-19-26(28(25)27)24-13-9-12-22(20-24)11-8-6-4-2;;;/h9,12-20H,3-8,10-11H2,1-2H3;2*1H3;. The van der Waals surface area contributed by atoms with Crippen LogP contribution in [0.5, 0.6) is 0 Å². The molecule has 0 saturated heterocycles. The number of unbranched alkanes of at least 4 members (excludes halogenated alkanes) is 4. The number of benzene rings is 2. The summed E-state index contributed by atoms with van der Waals surface area (Å²) in [5, 5.41) is 4.35. The van der Waals surface area contributed by atoms with Crippen molar-refractivity contribution in [3.8, 4) is 0 Å². The van der Waals surface area contributed by atoms with Crippen LogP contribution in [0.15, 0.2) is 60.7 Å². The number of rotatable bonds is 10. The van der Waals surface area contributed by atoms with Crippen LogP contribution in [0.4, 0.5) is 0 Å². The van der Waals surface area contributed by atoms with E-state index in [9.17, 15) is 5.53 Å². The Morgan fingerprint density at radius 3 is 1.84 bits per heavy atom. The molecule has 0 atom stereocenters. The fraction of sp³-hybridized carbons (Fsp3) is 0.429. The third kappa shape index (κ3) is 7.99. The summed E-state index contributed by atoms with van der Waals surface area (Å²) >= 11 is 0.950. The molecule has 0 saturated carbocycles. The van der Waals surface area contributed by atoms with Gasteiger partial charge in [0.2, 0.25) is 11.4 Å². The first kappa shape index (κ1) is 25.4. The summed E-state index contributed by atoms with van der Waals surface area (Å²) in [6.07, 6.45) is 13.7. The van der Waals surface area contributed by atoms with E-state index >= 15 is 0 Å². The van der Waals surface area contributed by atoms with Crippen molar-refractivity contribution in [2.75, 3.05) is 0 Å². The van der Waals surface area contributed by atoms with E-state index in [4.69, 9.17) is 0 Å². The Balaban J connectivity index is 0.00000107. The third-order valence-corrected chi connectivity index (χ3v) is 5.47. The fourth-order valence-electron chi connectivity index (χ4n) is 3.75. The molecule has 1 heterocycles. The third-order valence-electron chi connectivity index (χ3n) is 5.47. The van der Waals surface area contributed by atoms with Gasteiger partial charge in [-0.25, -0.2) is 4.70 Å². The van der Waals surface area contributed by atoms with E-state index in [0.29, 0.717) is 0 Å². The van der Waals surface area contributed by atoms with Gasteiger partial charge in [0.15, 0.2) is 0 Å². The van der Waals surface area contributed by atoms with Crippen LogP contribution >= 0.6 is 0 Å². The van der Waals surface area contributed by atoms with Crippen LogP contribution in [0.2, 0.25) is 10.8 Å². The summed E-state index contributed by atoms with van der Waals surface area (Å²) in [7, 11) is 0. The zero-order valence-corrected chi connectivity index (χ0v) is 21.2. The summed E-state index contributed by atoms with van der Waals surface area (Å²) in [6.45, 7) is 4.46. The van der Waals surface area contributed by atoms with E-state index in [1.807, 2.05) is 12.2 Å². The van der Waals surface area contributed by atoms with Gasteiger partial charge in [0, 0.05) is 23.3 Å². The second-order valence-electron chi connectivity index (χ2n) is 8.04. The average Bonchev–Trinajstić information content (AvgIpc) is 3.17. The van der Waals surface area contributed by atoms with E-state index in [2.05, 4.69) is 73.2 Å². The molecule has 0 amide bonds. The maximum absolute atomic E-state index is 10.8. The van der Waals surface area contributed by atoms with Gasteiger partial charge in [0.1, 0.15) is 0 Å². The molecule has 0 spiro atoms. The molecule has 0 aliphatic carbocycles. The molecule has 3 rings (SSSR count). The molecule has 0 fully saturated rings. The van der Waals surface area contributed by atoms with E-state index in [0.717, 1.165) is 53.3 Å². The maximum atomic E-state index is 10.8. The van der Waals surface area contributed by atoms with Gasteiger partial charge in [0.05, 0.1) is 0 Å². The molecular weight excluding hydrogens is 471 g/mol. The van der Waals surface area contributed by atoms with Crippen LogP contribution < -0.4 is 0 Å². The predicted octanol–water partition coefficient (Wildman–Crippen LogP) is 8.75. The molecule has 3 heteroatoms. The molecular formula is C28H38N2Pd. The molecule has 0 aromatic heterocycles. The summed E-state index contributed by atoms with van der Waals surface area (Å²) in [6, 6.07) is 17.2. The minimum absolute atomic E-state index is 0.839. The molecule has 170 valence electrons. The predicted molar refractivity (Wildman–Crippen MR) is 131 cm³/mol. The van der Waals surface area contributed by atoms with E-state index in [1.54, 1.807) is 0 Å². The quantitative estimate of drug-likeness (QED) is 0.174. The second kappa shape index (κ2) is 14.3. The molecule has 2 aromatic rings. The Morgan fingerprint density at radius 1 is 0.710 bits per heavy atom. The van der Waals surface area contributed by atoms with Crippen LogP contribution in [0.25, 0.3) is 16.9 Å². The van der Waals surface area contributed by atoms with Crippen molar-refractivity contribution >= 4 is 11.4 Å². The van der Waals surface area contributed by atoms with E-state index in [1.165, 1.54) is 54.3 Å².